The fraction of sp³-hybridized carbons (Fsp3) is 0.462. The molecule has 0 aromatic carbocycles. The Labute approximate surface area is 111 Å². The van der Waals surface area contributed by atoms with Gasteiger partial charge >= 0.3 is 5.97 Å². The first kappa shape index (κ1) is 13.3. The van der Waals surface area contributed by atoms with Crippen molar-refractivity contribution in [3.05, 3.63) is 24.2 Å². The second kappa shape index (κ2) is 5.26. The molecule has 0 aliphatic heterocycles. The van der Waals surface area contributed by atoms with Gasteiger partial charge in [0, 0.05) is 25.0 Å². The van der Waals surface area contributed by atoms with Crippen LogP contribution in [-0.2, 0) is 7.05 Å². The van der Waals surface area contributed by atoms with Crippen LogP contribution in [0.15, 0.2) is 18.6 Å². The fourth-order valence-corrected chi connectivity index (χ4v) is 2.15. The average molecular weight is 262 g/mol. The third kappa shape index (κ3) is 2.52. The van der Waals surface area contributed by atoms with Crippen LogP contribution in [0.1, 0.15) is 43.1 Å². The molecule has 0 atom stereocenters. The monoisotopic (exact) mass is 262 g/mol. The first-order valence-corrected chi connectivity index (χ1v) is 6.38. The molecule has 0 bridgehead atoms. The smallest absolute Gasteiger partial charge is 0.339 e. The van der Waals surface area contributed by atoms with Gasteiger partial charge in [-0.25, -0.2) is 4.79 Å². The van der Waals surface area contributed by atoms with E-state index in [0.29, 0.717) is 5.69 Å². The van der Waals surface area contributed by atoms with Gasteiger partial charge in [-0.05, 0) is 12.8 Å². The predicted octanol–water partition coefficient (Wildman–Crippen LogP) is 2.34. The number of aromatic carboxylic acids is 1. The van der Waals surface area contributed by atoms with Gasteiger partial charge in [-0.15, -0.1) is 0 Å². The highest BCUT2D eigenvalue weighted by Gasteiger charge is 2.20. The molecule has 6 nitrogen and oxygen atoms in total. The Morgan fingerprint density at radius 1 is 1.37 bits per heavy atom. The number of hydrogen-bond acceptors (Lipinski definition) is 3. The van der Waals surface area contributed by atoms with Crippen molar-refractivity contribution in [1.29, 1.82) is 0 Å². The number of aryl methyl sites for hydroxylation is 1. The van der Waals surface area contributed by atoms with E-state index in [1.165, 1.54) is 0 Å². The lowest BCUT2D eigenvalue weighted by Gasteiger charge is -2.12. The van der Waals surface area contributed by atoms with Crippen molar-refractivity contribution < 1.29 is 9.90 Å². The number of carboxylic acid groups (broad SMARTS) is 1. The fourth-order valence-electron chi connectivity index (χ4n) is 2.15. The number of aromatic nitrogens is 4. The van der Waals surface area contributed by atoms with Crippen LogP contribution in [0.3, 0.4) is 0 Å². The summed E-state index contributed by atoms with van der Waals surface area (Å²) in [5.74, 6) is -0.962. The highest BCUT2D eigenvalue weighted by atomic mass is 16.4. The van der Waals surface area contributed by atoms with E-state index in [9.17, 15) is 9.90 Å². The van der Waals surface area contributed by atoms with Gasteiger partial charge in [0.15, 0.2) is 0 Å². The highest BCUT2D eigenvalue weighted by Crippen LogP contribution is 2.25. The Hall–Kier alpha value is -2.11. The molecule has 102 valence electrons. The Morgan fingerprint density at radius 2 is 2.05 bits per heavy atom. The van der Waals surface area contributed by atoms with E-state index in [2.05, 4.69) is 24.0 Å². The van der Waals surface area contributed by atoms with Crippen molar-refractivity contribution in [1.82, 2.24) is 19.6 Å². The second-order valence-corrected chi connectivity index (χ2v) is 4.55. The van der Waals surface area contributed by atoms with E-state index in [-0.39, 0.29) is 11.6 Å². The van der Waals surface area contributed by atoms with Gasteiger partial charge in [-0.3, -0.25) is 9.36 Å². The predicted molar refractivity (Wildman–Crippen MR) is 71.0 cm³/mol. The zero-order valence-electron chi connectivity index (χ0n) is 11.4. The molecule has 0 amide bonds. The number of nitrogens with zero attached hydrogens (tertiary/aromatic N) is 4. The molecule has 19 heavy (non-hydrogen) atoms. The molecular formula is C13H18N4O2. The van der Waals surface area contributed by atoms with Crippen LogP contribution < -0.4 is 0 Å². The molecular weight excluding hydrogens is 244 g/mol. The molecule has 2 rings (SSSR count). The third-order valence-corrected chi connectivity index (χ3v) is 3.26. The minimum atomic E-state index is -0.962. The van der Waals surface area contributed by atoms with Gasteiger partial charge in [-0.2, -0.15) is 10.2 Å². The number of hydrogen-bond donors (Lipinski definition) is 1. The largest absolute Gasteiger partial charge is 0.478 e. The van der Waals surface area contributed by atoms with Crippen LogP contribution >= 0.6 is 0 Å². The zero-order valence-corrected chi connectivity index (χ0v) is 11.4. The maximum absolute atomic E-state index is 11.3. The summed E-state index contributed by atoms with van der Waals surface area (Å²) in [6, 6.07) is 0.225. The molecule has 0 aliphatic rings. The SMILES string of the molecule is CCC(CC)n1cc(C(=O)O)c(-c2cnn(C)c2)n1. The van der Waals surface area contributed by atoms with E-state index in [1.807, 2.05) is 0 Å². The summed E-state index contributed by atoms with van der Waals surface area (Å²) in [7, 11) is 1.79. The molecule has 2 heterocycles. The van der Waals surface area contributed by atoms with Crippen LogP contribution in [-0.4, -0.2) is 30.6 Å². The van der Waals surface area contributed by atoms with Gasteiger partial charge in [0.2, 0.25) is 0 Å². The van der Waals surface area contributed by atoms with Crippen LogP contribution in [0.4, 0.5) is 0 Å². The van der Waals surface area contributed by atoms with Crippen LogP contribution in [0, 0.1) is 0 Å². The Bertz CT molecular complexity index is 581. The van der Waals surface area contributed by atoms with Crippen molar-refractivity contribution in [2.75, 3.05) is 0 Å². The van der Waals surface area contributed by atoms with Crippen molar-refractivity contribution in [3.63, 3.8) is 0 Å². The Kier molecular flexibility index (Phi) is 3.69. The molecule has 0 aliphatic carbocycles. The first-order valence-electron chi connectivity index (χ1n) is 6.38. The first-order chi connectivity index (χ1) is 9.06. The van der Waals surface area contributed by atoms with Gasteiger partial charge in [0.05, 0.1) is 12.2 Å². The van der Waals surface area contributed by atoms with E-state index >= 15 is 0 Å². The topological polar surface area (TPSA) is 72.9 Å². The average Bonchev–Trinajstić information content (AvgIpc) is 2.97. The van der Waals surface area contributed by atoms with Gasteiger partial charge in [0.25, 0.3) is 0 Å². The van der Waals surface area contributed by atoms with Crippen LogP contribution in [0.5, 0.6) is 0 Å². The number of rotatable bonds is 5. The molecule has 0 saturated heterocycles. The molecule has 0 radical (unpaired) electrons. The molecule has 1 N–H and O–H groups in total. The maximum atomic E-state index is 11.3. The Morgan fingerprint density at radius 3 is 2.53 bits per heavy atom. The highest BCUT2D eigenvalue weighted by molar-refractivity contribution is 5.94. The molecule has 6 heteroatoms. The van der Waals surface area contributed by atoms with Crippen molar-refractivity contribution in [2.24, 2.45) is 7.05 Å². The molecule has 0 unspecified atom stereocenters. The van der Waals surface area contributed by atoms with Crippen molar-refractivity contribution >= 4 is 5.97 Å². The quantitative estimate of drug-likeness (QED) is 0.897. The summed E-state index contributed by atoms with van der Waals surface area (Å²) in [4.78, 5) is 11.3. The summed E-state index contributed by atoms with van der Waals surface area (Å²) in [6.07, 6.45) is 6.85. The Balaban J connectivity index is 2.50. The van der Waals surface area contributed by atoms with E-state index in [4.69, 9.17) is 0 Å². The summed E-state index contributed by atoms with van der Waals surface area (Å²) in [5.41, 5.74) is 1.43. The van der Waals surface area contributed by atoms with E-state index < -0.39 is 5.97 Å². The number of carboxylic acids is 1. The van der Waals surface area contributed by atoms with E-state index in [1.54, 1.807) is 35.0 Å². The van der Waals surface area contributed by atoms with Crippen molar-refractivity contribution in [2.45, 2.75) is 32.7 Å². The number of carbonyl (C=O) groups is 1. The summed E-state index contributed by atoms with van der Waals surface area (Å²) >= 11 is 0. The van der Waals surface area contributed by atoms with Gasteiger partial charge in [0.1, 0.15) is 11.3 Å². The molecule has 2 aromatic heterocycles. The van der Waals surface area contributed by atoms with Crippen LogP contribution in [0.2, 0.25) is 0 Å². The molecule has 2 aromatic rings. The second-order valence-electron chi connectivity index (χ2n) is 4.55. The molecule has 0 fully saturated rings. The minimum absolute atomic E-state index is 0.222. The maximum Gasteiger partial charge on any atom is 0.339 e. The van der Waals surface area contributed by atoms with Crippen molar-refractivity contribution in [3.8, 4) is 11.3 Å². The zero-order chi connectivity index (χ0) is 14.0. The lowest BCUT2D eigenvalue weighted by atomic mass is 10.1. The molecule has 0 saturated carbocycles. The van der Waals surface area contributed by atoms with Gasteiger partial charge < -0.3 is 5.11 Å². The summed E-state index contributed by atoms with van der Waals surface area (Å²) in [5, 5.41) is 17.8. The molecule has 0 spiro atoms. The van der Waals surface area contributed by atoms with E-state index in [0.717, 1.165) is 18.4 Å². The lowest BCUT2D eigenvalue weighted by Crippen LogP contribution is -2.07. The van der Waals surface area contributed by atoms with Crippen LogP contribution in [0.25, 0.3) is 11.3 Å². The summed E-state index contributed by atoms with van der Waals surface area (Å²) < 4.78 is 3.39. The van der Waals surface area contributed by atoms with Gasteiger partial charge in [-0.1, -0.05) is 13.8 Å². The minimum Gasteiger partial charge on any atom is -0.478 e. The normalized spacial score (nSPS) is 11.2. The standard InChI is InChI=1S/C13H18N4O2/c1-4-10(5-2)17-8-11(13(18)19)12(15-17)9-6-14-16(3)7-9/h6-8,10H,4-5H2,1-3H3,(H,18,19). The summed E-state index contributed by atoms with van der Waals surface area (Å²) in [6.45, 7) is 4.14. The lowest BCUT2D eigenvalue weighted by molar-refractivity contribution is 0.0697. The third-order valence-electron chi connectivity index (χ3n) is 3.26.